The van der Waals surface area contributed by atoms with E-state index >= 15 is 0 Å². The lowest BCUT2D eigenvalue weighted by atomic mass is 9.77. The molecule has 0 aliphatic heterocycles. The van der Waals surface area contributed by atoms with Gasteiger partial charge in [0, 0.05) is 0 Å². The number of rotatable bonds is 7. The second-order valence-corrected chi connectivity index (χ2v) is 6.70. The molecule has 2 N–H and O–H groups in total. The number of hydrogen-bond donors (Lipinski definition) is 2. The van der Waals surface area contributed by atoms with Gasteiger partial charge in [-0.1, -0.05) is 13.0 Å². The molecule has 0 aliphatic carbocycles. The molecule has 0 atom stereocenters. The van der Waals surface area contributed by atoms with Crippen LogP contribution in [0.1, 0.15) is 18.9 Å². The zero-order chi connectivity index (χ0) is 14.5. The van der Waals surface area contributed by atoms with E-state index in [2.05, 4.69) is 0 Å². The molecule has 0 bridgehead atoms. The van der Waals surface area contributed by atoms with Crippen LogP contribution in [0.3, 0.4) is 0 Å². The van der Waals surface area contributed by atoms with Crippen molar-refractivity contribution in [3.63, 3.8) is 0 Å². The molecule has 0 amide bonds. The van der Waals surface area contributed by atoms with E-state index in [1.807, 2.05) is 6.92 Å². The minimum Gasteiger partial charge on any atom is -0.493 e. The van der Waals surface area contributed by atoms with Gasteiger partial charge in [-0.25, -0.2) is 8.42 Å². The van der Waals surface area contributed by atoms with Crippen molar-refractivity contribution < 1.29 is 23.2 Å². The van der Waals surface area contributed by atoms with Crippen molar-refractivity contribution in [2.24, 2.45) is 0 Å². The Labute approximate surface area is 114 Å². The van der Waals surface area contributed by atoms with Crippen molar-refractivity contribution in [1.29, 1.82) is 0 Å². The molecule has 0 saturated heterocycles. The van der Waals surface area contributed by atoms with Crippen LogP contribution in [0.25, 0.3) is 0 Å². The molecule has 0 aliphatic rings. The summed E-state index contributed by atoms with van der Waals surface area (Å²) in [6.07, 6.45) is 0.602. The van der Waals surface area contributed by atoms with E-state index in [9.17, 15) is 8.42 Å². The maximum Gasteiger partial charge on any atom is 0.488 e. The van der Waals surface area contributed by atoms with Gasteiger partial charge in [0.15, 0.2) is 9.84 Å². The maximum atomic E-state index is 11.5. The summed E-state index contributed by atoms with van der Waals surface area (Å²) in [6, 6.07) is 4.80. The Morgan fingerprint density at radius 2 is 1.95 bits per heavy atom. The van der Waals surface area contributed by atoms with E-state index in [1.54, 1.807) is 25.1 Å². The Morgan fingerprint density at radius 1 is 1.26 bits per heavy atom. The van der Waals surface area contributed by atoms with Crippen LogP contribution < -0.4 is 10.2 Å². The normalized spacial score (nSPS) is 11.4. The minimum absolute atomic E-state index is 0.00966. The molecule has 7 heteroatoms. The quantitative estimate of drug-likeness (QED) is 0.683. The summed E-state index contributed by atoms with van der Waals surface area (Å²) < 4.78 is 28.3. The Kier molecular flexibility index (Phi) is 5.84. The molecule has 106 valence electrons. The van der Waals surface area contributed by atoms with Gasteiger partial charge in [-0.2, -0.15) is 0 Å². The van der Waals surface area contributed by atoms with Crippen LogP contribution in [0.15, 0.2) is 18.2 Å². The monoisotopic (exact) mass is 286 g/mol. The standard InChI is InChI=1S/C12H19BO5S/c1-3-7-19(16,17)8-6-18-11-4-5-12(13(14)15)10(2)9-11/h4-5,9,14-15H,3,6-8H2,1-2H3. The molecular weight excluding hydrogens is 267 g/mol. The highest BCUT2D eigenvalue weighted by Crippen LogP contribution is 2.11. The van der Waals surface area contributed by atoms with Crippen molar-refractivity contribution in [2.75, 3.05) is 18.1 Å². The fourth-order valence-corrected chi connectivity index (χ4v) is 2.89. The van der Waals surface area contributed by atoms with Crippen LogP contribution >= 0.6 is 0 Å². The van der Waals surface area contributed by atoms with E-state index in [-0.39, 0.29) is 18.1 Å². The van der Waals surface area contributed by atoms with Gasteiger partial charge >= 0.3 is 7.12 Å². The van der Waals surface area contributed by atoms with Gasteiger partial charge in [-0.3, -0.25) is 0 Å². The molecule has 5 nitrogen and oxygen atoms in total. The van der Waals surface area contributed by atoms with Crippen molar-refractivity contribution >= 4 is 22.4 Å². The van der Waals surface area contributed by atoms with Gasteiger partial charge in [0.1, 0.15) is 12.4 Å². The third-order valence-corrected chi connectivity index (χ3v) is 4.52. The fraction of sp³-hybridized carbons (Fsp3) is 0.500. The van der Waals surface area contributed by atoms with Crippen LogP contribution in [0, 0.1) is 6.92 Å². The predicted molar refractivity (Wildman–Crippen MR) is 75.4 cm³/mol. The second kappa shape index (κ2) is 6.93. The van der Waals surface area contributed by atoms with E-state index in [1.165, 1.54) is 0 Å². The lowest BCUT2D eigenvalue weighted by Crippen LogP contribution is -2.31. The number of benzene rings is 1. The van der Waals surface area contributed by atoms with Crippen molar-refractivity contribution in [1.82, 2.24) is 0 Å². The van der Waals surface area contributed by atoms with Crippen LogP contribution in [-0.2, 0) is 9.84 Å². The maximum absolute atomic E-state index is 11.5. The van der Waals surface area contributed by atoms with Gasteiger partial charge in [0.2, 0.25) is 0 Å². The first-order valence-electron chi connectivity index (χ1n) is 6.15. The molecule has 19 heavy (non-hydrogen) atoms. The summed E-state index contributed by atoms with van der Waals surface area (Å²) in [4.78, 5) is 0. The highest BCUT2D eigenvalue weighted by atomic mass is 32.2. The fourth-order valence-electron chi connectivity index (χ4n) is 1.73. The first-order chi connectivity index (χ1) is 8.85. The molecule has 1 aromatic carbocycles. The summed E-state index contributed by atoms with van der Waals surface area (Å²) in [5.74, 6) is 0.684. The Bertz CT molecular complexity index is 513. The average molecular weight is 286 g/mol. The van der Waals surface area contributed by atoms with Crippen LogP contribution in [0.2, 0.25) is 0 Å². The lowest BCUT2D eigenvalue weighted by molar-refractivity contribution is 0.340. The summed E-state index contributed by atoms with van der Waals surface area (Å²) in [5.41, 5.74) is 1.09. The molecule has 0 unspecified atom stereocenters. The van der Waals surface area contributed by atoms with Crippen molar-refractivity contribution in [2.45, 2.75) is 20.3 Å². The molecule has 1 rings (SSSR count). The van der Waals surface area contributed by atoms with Gasteiger partial charge in [-0.15, -0.1) is 0 Å². The van der Waals surface area contributed by atoms with E-state index in [0.717, 1.165) is 0 Å². The van der Waals surface area contributed by atoms with E-state index < -0.39 is 17.0 Å². The van der Waals surface area contributed by atoms with Crippen molar-refractivity contribution in [3.05, 3.63) is 23.8 Å². The summed E-state index contributed by atoms with van der Waals surface area (Å²) in [6.45, 7) is 3.65. The molecule has 0 spiro atoms. The molecule has 1 aromatic rings. The third-order valence-electron chi connectivity index (χ3n) is 2.70. The van der Waals surface area contributed by atoms with Crippen LogP contribution in [0.4, 0.5) is 0 Å². The molecular formula is C12H19BO5S. The number of sulfone groups is 1. The van der Waals surface area contributed by atoms with Gasteiger partial charge in [0.25, 0.3) is 0 Å². The highest BCUT2D eigenvalue weighted by Gasteiger charge is 2.14. The Hall–Kier alpha value is -1.05. The lowest BCUT2D eigenvalue weighted by Gasteiger charge is -2.10. The smallest absolute Gasteiger partial charge is 0.488 e. The third kappa shape index (κ3) is 5.22. The number of hydrogen-bond acceptors (Lipinski definition) is 5. The largest absolute Gasteiger partial charge is 0.493 e. The van der Waals surface area contributed by atoms with Crippen molar-refractivity contribution in [3.8, 4) is 5.75 Å². The average Bonchev–Trinajstić information content (AvgIpc) is 2.28. The summed E-state index contributed by atoms with van der Waals surface area (Å²) >= 11 is 0. The zero-order valence-corrected chi connectivity index (χ0v) is 12.0. The molecule has 0 radical (unpaired) electrons. The molecule has 0 aromatic heterocycles. The zero-order valence-electron chi connectivity index (χ0n) is 11.2. The molecule has 0 saturated carbocycles. The Balaban J connectivity index is 2.58. The topological polar surface area (TPSA) is 83.8 Å². The minimum atomic E-state index is -3.04. The van der Waals surface area contributed by atoms with Crippen LogP contribution in [-0.4, -0.2) is 43.7 Å². The first-order valence-corrected chi connectivity index (χ1v) is 7.98. The first kappa shape index (κ1) is 16.0. The highest BCUT2D eigenvalue weighted by molar-refractivity contribution is 7.91. The van der Waals surface area contributed by atoms with Gasteiger partial charge in [-0.05, 0) is 36.5 Å². The number of ether oxygens (including phenoxy) is 1. The second-order valence-electron chi connectivity index (χ2n) is 4.39. The van der Waals surface area contributed by atoms with E-state index in [4.69, 9.17) is 14.8 Å². The SMILES string of the molecule is CCCS(=O)(=O)CCOc1ccc(B(O)O)c(C)c1. The molecule has 0 fully saturated rings. The predicted octanol–water partition coefficient (Wildman–Crippen LogP) is -0.122. The Morgan fingerprint density at radius 3 is 2.47 bits per heavy atom. The van der Waals surface area contributed by atoms with Crippen LogP contribution in [0.5, 0.6) is 5.75 Å². The van der Waals surface area contributed by atoms with E-state index in [0.29, 0.717) is 23.2 Å². The number of aryl methyl sites for hydroxylation is 1. The van der Waals surface area contributed by atoms with Gasteiger partial charge < -0.3 is 14.8 Å². The summed E-state index contributed by atoms with van der Waals surface area (Å²) in [7, 11) is -4.55. The summed E-state index contributed by atoms with van der Waals surface area (Å²) in [5, 5.41) is 18.1. The van der Waals surface area contributed by atoms with Gasteiger partial charge in [0.05, 0.1) is 11.5 Å². The molecule has 0 heterocycles.